The molecule has 9 heteroatoms. The van der Waals surface area contributed by atoms with E-state index in [-0.39, 0.29) is 10.7 Å². The highest BCUT2D eigenvalue weighted by molar-refractivity contribution is 7.18. The summed E-state index contributed by atoms with van der Waals surface area (Å²) in [7, 11) is 0. The average Bonchev–Trinajstić information content (AvgIpc) is 2.90. The summed E-state index contributed by atoms with van der Waals surface area (Å²) in [6.07, 6.45) is -4.83. The monoisotopic (exact) mass is 371 g/mol. The smallest absolute Gasteiger partial charge is 0.318 e. The van der Waals surface area contributed by atoms with Gasteiger partial charge in [0.2, 0.25) is 11.7 Å². The standard InChI is InChI=1S/C16H16F3N3O2S/c1-8-4-6-9(7-5-8)10(23)11-12(16(17,18)19)21-14(25-11)22-13(24)15(2,3)20/h4-7H,20H2,1-3H3,(H,21,22,24). The fourth-order valence-corrected chi connectivity index (χ4v) is 2.76. The van der Waals surface area contributed by atoms with Crippen molar-refractivity contribution in [3.63, 3.8) is 0 Å². The predicted molar refractivity (Wildman–Crippen MR) is 88.6 cm³/mol. The SMILES string of the molecule is Cc1ccc(C(=O)c2sc(NC(=O)C(C)(C)N)nc2C(F)(F)F)cc1. The van der Waals surface area contributed by atoms with E-state index in [9.17, 15) is 22.8 Å². The second-order valence-electron chi connectivity index (χ2n) is 6.07. The van der Waals surface area contributed by atoms with E-state index in [4.69, 9.17) is 5.73 Å². The molecular formula is C16H16F3N3O2S. The Kier molecular flexibility index (Phi) is 5.01. The Morgan fingerprint density at radius 3 is 2.20 bits per heavy atom. The number of halogens is 3. The van der Waals surface area contributed by atoms with Crippen LogP contribution in [0.25, 0.3) is 0 Å². The molecular weight excluding hydrogens is 355 g/mol. The molecule has 0 saturated heterocycles. The second kappa shape index (κ2) is 6.57. The number of benzene rings is 1. The van der Waals surface area contributed by atoms with Crippen LogP contribution in [0.2, 0.25) is 0 Å². The van der Waals surface area contributed by atoms with Crippen LogP contribution >= 0.6 is 11.3 Å². The summed E-state index contributed by atoms with van der Waals surface area (Å²) in [6, 6.07) is 6.14. The number of rotatable bonds is 4. The number of aryl methyl sites for hydroxylation is 1. The molecule has 25 heavy (non-hydrogen) atoms. The number of anilines is 1. The van der Waals surface area contributed by atoms with E-state index >= 15 is 0 Å². The van der Waals surface area contributed by atoms with Crippen molar-refractivity contribution >= 4 is 28.2 Å². The van der Waals surface area contributed by atoms with Crippen molar-refractivity contribution in [3.05, 3.63) is 46.0 Å². The van der Waals surface area contributed by atoms with Gasteiger partial charge in [-0.3, -0.25) is 9.59 Å². The molecule has 0 saturated carbocycles. The lowest BCUT2D eigenvalue weighted by atomic mass is 10.1. The van der Waals surface area contributed by atoms with Crippen molar-refractivity contribution in [3.8, 4) is 0 Å². The van der Waals surface area contributed by atoms with Gasteiger partial charge >= 0.3 is 6.18 Å². The molecule has 1 heterocycles. The number of aromatic nitrogens is 1. The van der Waals surface area contributed by atoms with Gasteiger partial charge in [-0.1, -0.05) is 41.2 Å². The lowest BCUT2D eigenvalue weighted by molar-refractivity contribution is -0.141. The van der Waals surface area contributed by atoms with E-state index < -0.39 is 34.0 Å². The van der Waals surface area contributed by atoms with Crippen LogP contribution in [0.3, 0.4) is 0 Å². The van der Waals surface area contributed by atoms with Crippen LogP contribution in [0.4, 0.5) is 18.3 Å². The van der Waals surface area contributed by atoms with Crippen LogP contribution in [-0.2, 0) is 11.0 Å². The average molecular weight is 371 g/mol. The highest BCUT2D eigenvalue weighted by atomic mass is 32.1. The van der Waals surface area contributed by atoms with Crippen molar-refractivity contribution in [1.29, 1.82) is 0 Å². The van der Waals surface area contributed by atoms with Crippen molar-refractivity contribution in [2.24, 2.45) is 5.73 Å². The molecule has 2 aromatic rings. The fourth-order valence-electron chi connectivity index (χ4n) is 1.81. The third kappa shape index (κ3) is 4.43. The van der Waals surface area contributed by atoms with Crippen LogP contribution < -0.4 is 11.1 Å². The van der Waals surface area contributed by atoms with Crippen molar-refractivity contribution in [2.45, 2.75) is 32.5 Å². The summed E-state index contributed by atoms with van der Waals surface area (Å²) in [4.78, 5) is 27.1. The molecule has 2 rings (SSSR count). The molecule has 0 fully saturated rings. The molecule has 0 spiro atoms. The van der Waals surface area contributed by atoms with E-state index in [1.807, 2.05) is 0 Å². The molecule has 0 aliphatic heterocycles. The quantitative estimate of drug-likeness (QED) is 0.807. The van der Waals surface area contributed by atoms with Gasteiger partial charge in [0.1, 0.15) is 4.88 Å². The number of nitrogens with two attached hydrogens (primary N) is 1. The summed E-state index contributed by atoms with van der Waals surface area (Å²) in [5.74, 6) is -1.51. The van der Waals surface area contributed by atoms with E-state index in [0.29, 0.717) is 11.3 Å². The van der Waals surface area contributed by atoms with Gasteiger partial charge in [0, 0.05) is 5.56 Å². The maximum Gasteiger partial charge on any atom is 0.435 e. The Morgan fingerprint density at radius 1 is 1.16 bits per heavy atom. The number of thiazole rings is 1. The third-order valence-corrected chi connectivity index (χ3v) is 4.19. The minimum atomic E-state index is -4.83. The van der Waals surface area contributed by atoms with Gasteiger partial charge in [0.25, 0.3) is 0 Å². The summed E-state index contributed by atoms with van der Waals surface area (Å²) >= 11 is 0.470. The summed E-state index contributed by atoms with van der Waals surface area (Å²) in [5, 5.41) is 1.89. The second-order valence-corrected chi connectivity index (χ2v) is 7.06. The first kappa shape index (κ1) is 19.1. The molecule has 0 atom stereocenters. The summed E-state index contributed by atoms with van der Waals surface area (Å²) < 4.78 is 39.7. The number of carbonyl (C=O) groups excluding carboxylic acids is 2. The molecule has 0 unspecified atom stereocenters. The molecule has 1 amide bonds. The molecule has 1 aromatic carbocycles. The Balaban J connectivity index is 2.44. The number of nitrogens with zero attached hydrogens (tertiary/aromatic N) is 1. The molecule has 0 aliphatic rings. The lowest BCUT2D eigenvalue weighted by Gasteiger charge is -2.16. The molecule has 1 aromatic heterocycles. The number of hydrogen-bond acceptors (Lipinski definition) is 5. The number of amides is 1. The van der Waals surface area contributed by atoms with Crippen LogP contribution in [0, 0.1) is 6.92 Å². The fraction of sp³-hybridized carbons (Fsp3) is 0.312. The zero-order chi connectivity index (χ0) is 19.0. The van der Waals surface area contributed by atoms with E-state index in [0.717, 1.165) is 5.56 Å². The van der Waals surface area contributed by atoms with Crippen LogP contribution in [-0.4, -0.2) is 22.2 Å². The predicted octanol–water partition coefficient (Wildman–Crippen LogP) is 3.38. The number of alkyl halides is 3. The molecule has 0 bridgehead atoms. The van der Waals surface area contributed by atoms with Crippen LogP contribution in [0.1, 0.15) is 40.3 Å². The third-order valence-electron chi connectivity index (χ3n) is 3.22. The lowest BCUT2D eigenvalue weighted by Crippen LogP contribution is -2.45. The van der Waals surface area contributed by atoms with Gasteiger partial charge in [-0.15, -0.1) is 0 Å². The molecule has 5 nitrogen and oxygen atoms in total. The Labute approximate surface area is 146 Å². The number of hydrogen-bond donors (Lipinski definition) is 2. The minimum Gasteiger partial charge on any atom is -0.318 e. The number of carbonyl (C=O) groups is 2. The van der Waals surface area contributed by atoms with Gasteiger partial charge in [-0.25, -0.2) is 4.98 Å². The van der Waals surface area contributed by atoms with Crippen molar-refractivity contribution in [1.82, 2.24) is 4.98 Å². The van der Waals surface area contributed by atoms with Gasteiger partial charge in [-0.05, 0) is 20.8 Å². The topological polar surface area (TPSA) is 85.1 Å². The molecule has 0 radical (unpaired) electrons. The molecule has 134 valence electrons. The highest BCUT2D eigenvalue weighted by Gasteiger charge is 2.40. The Bertz CT molecular complexity index is 806. The summed E-state index contributed by atoms with van der Waals surface area (Å²) in [5.41, 5.74) is 3.95. The maximum atomic E-state index is 13.2. The maximum absolute atomic E-state index is 13.2. The molecule has 3 N–H and O–H groups in total. The van der Waals surface area contributed by atoms with Crippen LogP contribution in [0.15, 0.2) is 24.3 Å². The van der Waals surface area contributed by atoms with Crippen molar-refractivity contribution < 1.29 is 22.8 Å². The normalized spacial score (nSPS) is 12.1. The van der Waals surface area contributed by atoms with Gasteiger partial charge in [0.05, 0.1) is 5.54 Å². The largest absolute Gasteiger partial charge is 0.435 e. The zero-order valence-corrected chi connectivity index (χ0v) is 14.5. The Hall–Kier alpha value is -2.26. The first-order valence-corrected chi connectivity index (χ1v) is 8.01. The molecule has 0 aliphatic carbocycles. The number of ketones is 1. The summed E-state index contributed by atoms with van der Waals surface area (Å²) in [6.45, 7) is 4.60. The van der Waals surface area contributed by atoms with E-state index in [1.54, 1.807) is 19.1 Å². The van der Waals surface area contributed by atoms with E-state index in [1.165, 1.54) is 26.0 Å². The van der Waals surface area contributed by atoms with Gasteiger partial charge in [0.15, 0.2) is 10.8 Å². The van der Waals surface area contributed by atoms with Gasteiger partial charge in [-0.2, -0.15) is 13.2 Å². The van der Waals surface area contributed by atoms with E-state index in [2.05, 4.69) is 10.3 Å². The number of nitrogens with one attached hydrogen (secondary N) is 1. The Morgan fingerprint density at radius 2 is 1.72 bits per heavy atom. The first-order valence-electron chi connectivity index (χ1n) is 7.19. The minimum absolute atomic E-state index is 0.108. The van der Waals surface area contributed by atoms with Crippen molar-refractivity contribution in [2.75, 3.05) is 5.32 Å². The zero-order valence-electron chi connectivity index (χ0n) is 13.7. The van der Waals surface area contributed by atoms with Crippen LogP contribution in [0.5, 0.6) is 0 Å². The van der Waals surface area contributed by atoms with Gasteiger partial charge < -0.3 is 11.1 Å². The first-order chi connectivity index (χ1) is 11.4. The highest BCUT2D eigenvalue weighted by Crippen LogP contribution is 2.37.